The molecule has 8 heteroatoms. The second-order valence-corrected chi connectivity index (χ2v) is 5.23. The Balaban J connectivity index is 1.81. The lowest BCUT2D eigenvalue weighted by Crippen LogP contribution is -2.05. The van der Waals surface area contributed by atoms with Crippen LogP contribution in [-0.2, 0) is 6.18 Å². The van der Waals surface area contributed by atoms with Gasteiger partial charge in [-0.25, -0.2) is 4.98 Å². The molecule has 0 spiro atoms. The highest BCUT2D eigenvalue weighted by molar-refractivity contribution is 6.06. The van der Waals surface area contributed by atoms with E-state index < -0.39 is 17.5 Å². The molecule has 3 rings (SSSR count). The molecule has 0 radical (unpaired) electrons. The summed E-state index contributed by atoms with van der Waals surface area (Å²) in [6.07, 6.45) is -1.77. The van der Waals surface area contributed by atoms with Gasteiger partial charge in [0, 0.05) is 11.9 Å². The second kappa shape index (κ2) is 6.39. The Bertz CT molecular complexity index is 919. The summed E-state index contributed by atoms with van der Waals surface area (Å²) in [7, 11) is 0. The molecule has 0 saturated heterocycles. The molecule has 1 N–H and O–H groups in total. The number of anilines is 2. The average Bonchev–Trinajstić information content (AvgIpc) is 3.03. The molecule has 0 aliphatic carbocycles. The van der Waals surface area contributed by atoms with Crippen LogP contribution in [0.2, 0.25) is 0 Å². The van der Waals surface area contributed by atoms with Crippen molar-refractivity contribution >= 4 is 17.5 Å². The Kier molecular flexibility index (Phi) is 4.26. The molecule has 0 aliphatic heterocycles. The van der Waals surface area contributed by atoms with E-state index in [1.54, 1.807) is 19.1 Å². The van der Waals surface area contributed by atoms with Crippen LogP contribution in [0.5, 0.6) is 0 Å². The predicted molar refractivity (Wildman–Crippen MR) is 83.6 cm³/mol. The molecule has 0 amide bonds. The van der Waals surface area contributed by atoms with Crippen molar-refractivity contribution in [3.63, 3.8) is 0 Å². The number of nitrogens with zero attached hydrogens (tertiary/aromatic N) is 2. The molecular weight excluding hydrogens is 335 g/mol. The number of rotatable bonds is 4. The number of oxazole rings is 1. The summed E-state index contributed by atoms with van der Waals surface area (Å²) in [5, 5.41) is 2.61. The maximum absolute atomic E-state index is 12.7. The summed E-state index contributed by atoms with van der Waals surface area (Å²) in [5.41, 5.74) is 0.245. The molecule has 128 valence electrons. The minimum atomic E-state index is -4.45. The Hall–Kier alpha value is -3.16. The molecule has 2 heterocycles. The fourth-order valence-corrected chi connectivity index (χ4v) is 2.17. The quantitative estimate of drug-likeness (QED) is 0.710. The fourth-order valence-electron chi connectivity index (χ4n) is 2.17. The number of nitrogens with one attached hydrogen (secondary N) is 1. The van der Waals surface area contributed by atoms with Crippen LogP contribution in [0.25, 0.3) is 0 Å². The lowest BCUT2D eigenvalue weighted by Gasteiger charge is -2.08. The van der Waals surface area contributed by atoms with Crippen molar-refractivity contribution in [1.82, 2.24) is 9.97 Å². The maximum Gasteiger partial charge on any atom is 0.416 e. The van der Waals surface area contributed by atoms with Crippen molar-refractivity contribution < 1.29 is 22.4 Å². The van der Waals surface area contributed by atoms with Crippen molar-refractivity contribution in [3.8, 4) is 0 Å². The van der Waals surface area contributed by atoms with E-state index in [4.69, 9.17) is 4.42 Å². The number of aromatic nitrogens is 2. The zero-order chi connectivity index (χ0) is 18.0. The first-order valence-corrected chi connectivity index (χ1v) is 7.21. The van der Waals surface area contributed by atoms with E-state index in [2.05, 4.69) is 15.3 Å². The van der Waals surface area contributed by atoms with Gasteiger partial charge in [0.1, 0.15) is 5.69 Å². The van der Waals surface area contributed by atoms with Crippen LogP contribution in [0, 0.1) is 6.92 Å². The third-order valence-electron chi connectivity index (χ3n) is 3.40. The number of alkyl halides is 3. The maximum atomic E-state index is 12.7. The molecule has 2 aromatic heterocycles. The smallest absolute Gasteiger partial charge is 0.416 e. The highest BCUT2D eigenvalue weighted by Crippen LogP contribution is 2.31. The number of hydrogen-bond donors (Lipinski definition) is 1. The van der Waals surface area contributed by atoms with Gasteiger partial charge in [-0.15, -0.1) is 0 Å². The second-order valence-electron chi connectivity index (χ2n) is 5.23. The van der Waals surface area contributed by atoms with Gasteiger partial charge in [0.25, 0.3) is 6.01 Å². The molecule has 3 aromatic rings. The van der Waals surface area contributed by atoms with Crippen molar-refractivity contribution in [2.24, 2.45) is 0 Å². The lowest BCUT2D eigenvalue weighted by atomic mass is 10.1. The van der Waals surface area contributed by atoms with Crippen LogP contribution in [0.3, 0.4) is 0 Å². The largest absolute Gasteiger partial charge is 0.420 e. The van der Waals surface area contributed by atoms with E-state index in [1.807, 2.05) is 0 Å². The standard InChI is InChI=1S/C17H12F3N3O2/c1-10-4-3-7-21-14(10)15(24)13-9-22-16(25-13)23-12-6-2-5-11(8-12)17(18,19)20/h2-9H,1H3,(H,22,23). The number of ketones is 1. The highest BCUT2D eigenvalue weighted by atomic mass is 19.4. The van der Waals surface area contributed by atoms with E-state index in [0.717, 1.165) is 12.1 Å². The van der Waals surface area contributed by atoms with Gasteiger partial charge in [-0.1, -0.05) is 12.1 Å². The third kappa shape index (κ3) is 3.68. The summed E-state index contributed by atoms with van der Waals surface area (Å²) >= 11 is 0. The normalized spacial score (nSPS) is 11.4. The van der Waals surface area contributed by atoms with E-state index in [-0.39, 0.29) is 23.2 Å². The molecule has 0 aliphatic rings. The van der Waals surface area contributed by atoms with Gasteiger partial charge in [0.05, 0.1) is 11.8 Å². The van der Waals surface area contributed by atoms with Crippen LogP contribution in [0.1, 0.15) is 27.4 Å². The topological polar surface area (TPSA) is 68.0 Å². The fraction of sp³-hybridized carbons (Fsp3) is 0.118. The van der Waals surface area contributed by atoms with Gasteiger partial charge in [0.15, 0.2) is 5.76 Å². The Morgan fingerprint density at radius 1 is 1.16 bits per heavy atom. The Morgan fingerprint density at radius 2 is 1.96 bits per heavy atom. The SMILES string of the molecule is Cc1cccnc1C(=O)c1cnc(Nc2cccc(C(F)(F)F)c2)o1. The van der Waals surface area contributed by atoms with Crippen LogP contribution in [-0.4, -0.2) is 15.8 Å². The number of carbonyl (C=O) groups is 1. The summed E-state index contributed by atoms with van der Waals surface area (Å²) in [5.74, 6) is -0.515. The number of halogens is 3. The highest BCUT2D eigenvalue weighted by Gasteiger charge is 2.30. The number of aryl methyl sites for hydroxylation is 1. The molecular formula is C17H12F3N3O2. The van der Waals surface area contributed by atoms with Crippen LogP contribution in [0.4, 0.5) is 24.9 Å². The predicted octanol–water partition coefficient (Wildman–Crippen LogP) is 4.37. The minimum absolute atomic E-state index is 0.0590. The first-order valence-electron chi connectivity index (χ1n) is 7.21. The first kappa shape index (κ1) is 16.7. The van der Waals surface area contributed by atoms with E-state index in [1.165, 1.54) is 24.5 Å². The third-order valence-corrected chi connectivity index (χ3v) is 3.40. The van der Waals surface area contributed by atoms with Crippen LogP contribution >= 0.6 is 0 Å². The van der Waals surface area contributed by atoms with E-state index >= 15 is 0 Å². The van der Waals surface area contributed by atoms with Crippen LogP contribution in [0.15, 0.2) is 53.2 Å². The molecule has 0 saturated carbocycles. The molecule has 25 heavy (non-hydrogen) atoms. The number of pyridine rings is 1. The summed E-state index contributed by atoms with van der Waals surface area (Å²) < 4.78 is 43.5. The lowest BCUT2D eigenvalue weighted by molar-refractivity contribution is -0.137. The molecule has 0 atom stereocenters. The van der Waals surface area contributed by atoms with E-state index in [0.29, 0.717) is 5.56 Å². The van der Waals surface area contributed by atoms with Gasteiger partial charge in [-0.05, 0) is 36.8 Å². The van der Waals surface area contributed by atoms with Gasteiger partial charge in [0.2, 0.25) is 5.78 Å². The minimum Gasteiger partial charge on any atom is -0.420 e. The number of carbonyl (C=O) groups excluding carboxylic acids is 1. The van der Waals surface area contributed by atoms with Gasteiger partial charge in [-0.2, -0.15) is 13.2 Å². The first-order chi connectivity index (χ1) is 11.8. The van der Waals surface area contributed by atoms with Crippen LogP contribution < -0.4 is 5.32 Å². The molecule has 0 unspecified atom stereocenters. The van der Waals surface area contributed by atoms with Gasteiger partial charge < -0.3 is 9.73 Å². The van der Waals surface area contributed by atoms with Gasteiger partial charge >= 0.3 is 6.18 Å². The monoisotopic (exact) mass is 347 g/mol. The number of hydrogen-bond acceptors (Lipinski definition) is 5. The molecule has 5 nitrogen and oxygen atoms in total. The Labute approximate surface area is 140 Å². The summed E-state index contributed by atoms with van der Waals surface area (Å²) in [6.45, 7) is 1.73. The van der Waals surface area contributed by atoms with Crippen molar-refractivity contribution in [3.05, 3.63) is 71.4 Å². The van der Waals surface area contributed by atoms with E-state index in [9.17, 15) is 18.0 Å². The summed E-state index contributed by atoms with van der Waals surface area (Å²) in [6, 6.07) is 7.93. The Morgan fingerprint density at radius 3 is 2.68 bits per heavy atom. The van der Waals surface area contributed by atoms with Crippen molar-refractivity contribution in [1.29, 1.82) is 0 Å². The molecule has 0 bridgehead atoms. The molecule has 0 fully saturated rings. The summed E-state index contributed by atoms with van der Waals surface area (Å²) in [4.78, 5) is 20.2. The number of benzene rings is 1. The molecule has 1 aromatic carbocycles. The van der Waals surface area contributed by atoms with Gasteiger partial charge in [-0.3, -0.25) is 9.78 Å². The average molecular weight is 347 g/mol. The zero-order valence-electron chi connectivity index (χ0n) is 13.0. The van der Waals surface area contributed by atoms with Crippen molar-refractivity contribution in [2.75, 3.05) is 5.32 Å². The van der Waals surface area contributed by atoms with Crippen molar-refractivity contribution in [2.45, 2.75) is 13.1 Å². The zero-order valence-corrected chi connectivity index (χ0v) is 13.0.